The van der Waals surface area contributed by atoms with Gasteiger partial charge in [-0.2, -0.15) is 0 Å². The molecule has 0 radical (unpaired) electrons. The summed E-state index contributed by atoms with van der Waals surface area (Å²) >= 11 is 1.55. The molecule has 1 aliphatic heterocycles. The normalized spacial score (nSPS) is 18.4. The molecule has 2 N–H and O–H groups in total. The molecule has 2 heterocycles. The van der Waals surface area contributed by atoms with E-state index in [1.807, 2.05) is 25.1 Å². The second kappa shape index (κ2) is 5.42. The Hall–Kier alpha value is -1.59. The third kappa shape index (κ3) is 2.39. The maximum absolute atomic E-state index is 12.4. The molecular formula is C15H18N2O2S. The maximum atomic E-state index is 12.4. The lowest BCUT2D eigenvalue weighted by atomic mass is 10.1. The minimum atomic E-state index is 0.0383. The largest absolute Gasteiger partial charge is 0.497 e. The van der Waals surface area contributed by atoms with Crippen molar-refractivity contribution in [2.45, 2.75) is 19.4 Å². The Morgan fingerprint density at radius 3 is 3.05 bits per heavy atom. The Morgan fingerprint density at radius 2 is 2.35 bits per heavy atom. The number of ether oxygens (including phenoxy) is 1. The molecule has 4 nitrogen and oxygen atoms in total. The summed E-state index contributed by atoms with van der Waals surface area (Å²) in [7, 11) is 1.66. The maximum Gasteiger partial charge on any atom is 0.261 e. The summed E-state index contributed by atoms with van der Waals surface area (Å²) < 4.78 is 6.37. The van der Waals surface area contributed by atoms with Crippen LogP contribution in [0.4, 0.5) is 0 Å². The summed E-state index contributed by atoms with van der Waals surface area (Å²) in [6.45, 7) is 3.84. The first-order valence-electron chi connectivity index (χ1n) is 6.78. The number of nitrogens with one attached hydrogen (secondary N) is 2. The average molecular weight is 290 g/mol. The molecule has 3 rings (SSSR count). The summed E-state index contributed by atoms with van der Waals surface area (Å²) in [5, 5.41) is 7.46. The van der Waals surface area contributed by atoms with E-state index in [9.17, 15) is 4.79 Å². The van der Waals surface area contributed by atoms with Gasteiger partial charge in [0.15, 0.2) is 0 Å². The van der Waals surface area contributed by atoms with Gasteiger partial charge in [0.25, 0.3) is 5.91 Å². The van der Waals surface area contributed by atoms with Gasteiger partial charge in [0.2, 0.25) is 0 Å². The van der Waals surface area contributed by atoms with Crippen LogP contribution < -0.4 is 15.4 Å². The standard InChI is InChI=1S/C15H18N2O2S/c1-9-12-7-11(19-2)3-4-13(12)20-14(9)15(18)17-10-5-6-16-8-10/h3-4,7,10,16H,5-6,8H2,1-2H3,(H,17,18). The third-order valence-electron chi connectivity index (χ3n) is 3.75. The molecule has 0 bridgehead atoms. The van der Waals surface area contributed by atoms with Gasteiger partial charge in [-0.3, -0.25) is 4.79 Å². The number of carbonyl (C=O) groups excluding carboxylic acids is 1. The van der Waals surface area contributed by atoms with Gasteiger partial charge in [-0.05, 0) is 49.0 Å². The molecule has 1 fully saturated rings. The van der Waals surface area contributed by atoms with E-state index in [1.165, 1.54) is 0 Å². The van der Waals surface area contributed by atoms with E-state index in [0.29, 0.717) is 0 Å². The van der Waals surface area contributed by atoms with Crippen LogP contribution in [0, 0.1) is 6.92 Å². The predicted molar refractivity (Wildman–Crippen MR) is 81.9 cm³/mol. The Morgan fingerprint density at radius 1 is 1.50 bits per heavy atom. The Balaban J connectivity index is 1.90. The van der Waals surface area contributed by atoms with Crippen LogP contribution in [0.1, 0.15) is 21.7 Å². The van der Waals surface area contributed by atoms with Crippen molar-refractivity contribution in [3.8, 4) is 5.75 Å². The number of hydrogen-bond donors (Lipinski definition) is 2. The molecule has 1 aromatic carbocycles. The second-order valence-electron chi connectivity index (χ2n) is 5.08. The van der Waals surface area contributed by atoms with Crippen LogP contribution in [0.3, 0.4) is 0 Å². The molecule has 0 saturated carbocycles. The summed E-state index contributed by atoms with van der Waals surface area (Å²) in [4.78, 5) is 13.2. The molecule has 5 heteroatoms. The Kier molecular flexibility index (Phi) is 3.63. The lowest BCUT2D eigenvalue weighted by Crippen LogP contribution is -2.36. The minimum absolute atomic E-state index is 0.0383. The van der Waals surface area contributed by atoms with E-state index in [4.69, 9.17) is 4.74 Å². The SMILES string of the molecule is COc1ccc2sc(C(=O)NC3CCNC3)c(C)c2c1. The number of hydrogen-bond acceptors (Lipinski definition) is 4. The van der Waals surface area contributed by atoms with Crippen molar-refractivity contribution in [2.24, 2.45) is 0 Å². The molecular weight excluding hydrogens is 272 g/mol. The van der Waals surface area contributed by atoms with Crippen molar-refractivity contribution in [3.05, 3.63) is 28.6 Å². The summed E-state index contributed by atoms with van der Waals surface area (Å²) in [6.07, 6.45) is 1.00. The van der Waals surface area contributed by atoms with Crippen molar-refractivity contribution < 1.29 is 9.53 Å². The second-order valence-corrected chi connectivity index (χ2v) is 6.13. The topological polar surface area (TPSA) is 50.4 Å². The van der Waals surface area contributed by atoms with E-state index in [-0.39, 0.29) is 11.9 Å². The fourth-order valence-electron chi connectivity index (χ4n) is 2.57. The minimum Gasteiger partial charge on any atom is -0.497 e. The van der Waals surface area contributed by atoms with Crippen molar-refractivity contribution in [1.82, 2.24) is 10.6 Å². The predicted octanol–water partition coefficient (Wildman–Crippen LogP) is 2.31. The van der Waals surface area contributed by atoms with Crippen LogP contribution in [-0.4, -0.2) is 32.1 Å². The zero-order valence-corrected chi connectivity index (χ0v) is 12.5. The fraction of sp³-hybridized carbons (Fsp3) is 0.400. The first-order chi connectivity index (χ1) is 9.69. The van der Waals surface area contributed by atoms with Gasteiger partial charge >= 0.3 is 0 Å². The Bertz CT molecular complexity index is 645. The van der Waals surface area contributed by atoms with E-state index >= 15 is 0 Å². The van der Waals surface area contributed by atoms with Gasteiger partial charge in [0, 0.05) is 17.3 Å². The zero-order chi connectivity index (χ0) is 14.1. The van der Waals surface area contributed by atoms with Crippen LogP contribution >= 0.6 is 11.3 Å². The number of fused-ring (bicyclic) bond motifs is 1. The highest BCUT2D eigenvalue weighted by atomic mass is 32.1. The fourth-order valence-corrected chi connectivity index (χ4v) is 3.67. The smallest absolute Gasteiger partial charge is 0.261 e. The van der Waals surface area contributed by atoms with Crippen LogP contribution in [0.5, 0.6) is 5.75 Å². The lowest BCUT2D eigenvalue weighted by molar-refractivity contribution is 0.0943. The van der Waals surface area contributed by atoms with Crippen molar-refractivity contribution in [3.63, 3.8) is 0 Å². The third-order valence-corrected chi connectivity index (χ3v) is 5.02. The lowest BCUT2D eigenvalue weighted by Gasteiger charge is -2.10. The highest BCUT2D eigenvalue weighted by molar-refractivity contribution is 7.21. The van der Waals surface area contributed by atoms with Crippen molar-refractivity contribution >= 4 is 27.3 Å². The van der Waals surface area contributed by atoms with Crippen LogP contribution in [-0.2, 0) is 0 Å². The number of benzene rings is 1. The monoisotopic (exact) mass is 290 g/mol. The molecule has 1 aromatic heterocycles. The van der Waals surface area contributed by atoms with E-state index < -0.39 is 0 Å². The molecule has 20 heavy (non-hydrogen) atoms. The molecule has 1 saturated heterocycles. The average Bonchev–Trinajstić information content (AvgIpc) is 3.07. The summed E-state index contributed by atoms with van der Waals surface area (Å²) in [5.74, 6) is 0.863. The van der Waals surface area contributed by atoms with E-state index in [0.717, 1.165) is 45.8 Å². The molecule has 106 valence electrons. The number of rotatable bonds is 3. The Labute approximate surface area is 122 Å². The molecule has 2 aromatic rings. The van der Waals surface area contributed by atoms with Gasteiger partial charge in [-0.1, -0.05) is 0 Å². The van der Waals surface area contributed by atoms with Crippen LogP contribution in [0.25, 0.3) is 10.1 Å². The van der Waals surface area contributed by atoms with Gasteiger partial charge in [0.05, 0.1) is 12.0 Å². The highest BCUT2D eigenvalue weighted by Crippen LogP contribution is 2.33. The first kappa shape index (κ1) is 13.4. The number of amides is 1. The molecule has 1 amide bonds. The summed E-state index contributed by atoms with van der Waals surface area (Å²) in [5.41, 5.74) is 1.03. The molecule has 0 spiro atoms. The van der Waals surface area contributed by atoms with Crippen LogP contribution in [0.2, 0.25) is 0 Å². The molecule has 1 aliphatic rings. The zero-order valence-electron chi connectivity index (χ0n) is 11.7. The summed E-state index contributed by atoms with van der Waals surface area (Å²) in [6, 6.07) is 6.19. The van der Waals surface area contributed by atoms with Gasteiger partial charge in [-0.25, -0.2) is 0 Å². The van der Waals surface area contributed by atoms with E-state index in [2.05, 4.69) is 10.6 Å². The first-order valence-corrected chi connectivity index (χ1v) is 7.59. The molecule has 1 unspecified atom stereocenters. The quantitative estimate of drug-likeness (QED) is 0.912. The van der Waals surface area contributed by atoms with Gasteiger partial charge < -0.3 is 15.4 Å². The number of carbonyl (C=O) groups is 1. The van der Waals surface area contributed by atoms with Crippen molar-refractivity contribution in [1.29, 1.82) is 0 Å². The van der Waals surface area contributed by atoms with Gasteiger partial charge in [0.1, 0.15) is 5.75 Å². The number of aryl methyl sites for hydroxylation is 1. The highest BCUT2D eigenvalue weighted by Gasteiger charge is 2.21. The van der Waals surface area contributed by atoms with E-state index in [1.54, 1.807) is 18.4 Å². The molecule has 0 aliphatic carbocycles. The van der Waals surface area contributed by atoms with Crippen molar-refractivity contribution in [2.75, 3.05) is 20.2 Å². The number of thiophene rings is 1. The number of methoxy groups -OCH3 is 1. The van der Waals surface area contributed by atoms with Gasteiger partial charge in [-0.15, -0.1) is 11.3 Å². The van der Waals surface area contributed by atoms with Crippen LogP contribution in [0.15, 0.2) is 18.2 Å². The molecule has 1 atom stereocenters.